The first-order valence-electron chi connectivity index (χ1n) is 13.3. The van der Waals surface area contributed by atoms with Gasteiger partial charge in [0.1, 0.15) is 36.8 Å². The minimum atomic E-state index is -1.70. The summed E-state index contributed by atoms with van der Waals surface area (Å²) in [6.07, 6.45) is -6.55. The predicted molar refractivity (Wildman–Crippen MR) is 133 cm³/mol. The monoisotopic (exact) mass is 584 g/mol. The van der Waals surface area contributed by atoms with E-state index < -0.39 is 97.5 Å². The van der Waals surface area contributed by atoms with Crippen LogP contribution in [0.2, 0.25) is 0 Å². The topological polar surface area (TPSA) is 208 Å². The molecular weight excluding hydrogens is 548 g/mol. The number of fused-ring (bicyclic) bond motifs is 1. The minimum absolute atomic E-state index is 0.0123. The Balaban J connectivity index is 1.50. The van der Waals surface area contributed by atoms with E-state index in [0.717, 1.165) is 12.5 Å². The molecule has 0 unspecified atom stereocenters. The van der Waals surface area contributed by atoms with Crippen molar-refractivity contribution >= 4 is 18.2 Å². The standard InChI is InChI=1S/C27H36O14/c1-4-12-13(5-6-28)15(10-38-26(12)41-27-22(32)21(31)20(30)18(8-29)40-27)24(34)39-17-7-14-16(23(33)36-3)9-37-25(35)19(14)11(17)2/h4,6,9-14,17-22,25-27,29-32,35H,1,5,7-8H2,2-3H3/t11-,12-,13-,14+,17-,18-,19-,20+,21-,22-,25+,26-,27-/m0/s1. The number of esters is 2. The second kappa shape index (κ2) is 13.0. The van der Waals surface area contributed by atoms with E-state index in [9.17, 15) is 39.9 Å². The van der Waals surface area contributed by atoms with Gasteiger partial charge in [-0.3, -0.25) is 0 Å². The second-order valence-corrected chi connectivity index (χ2v) is 10.5. The van der Waals surface area contributed by atoms with Crippen LogP contribution in [0.5, 0.6) is 0 Å². The molecule has 4 rings (SSSR count). The number of aliphatic hydroxyl groups is 5. The van der Waals surface area contributed by atoms with Crippen LogP contribution in [0.4, 0.5) is 0 Å². The molecule has 0 spiro atoms. The number of aliphatic hydroxyl groups excluding tert-OH is 5. The Bertz CT molecular complexity index is 1050. The van der Waals surface area contributed by atoms with Crippen molar-refractivity contribution in [3.63, 3.8) is 0 Å². The fourth-order valence-corrected chi connectivity index (χ4v) is 6.04. The van der Waals surface area contributed by atoms with Gasteiger partial charge in [-0.25, -0.2) is 9.59 Å². The fraction of sp³-hybridized carbons (Fsp3) is 0.667. The molecule has 5 N–H and O–H groups in total. The van der Waals surface area contributed by atoms with Gasteiger partial charge in [-0.2, -0.15) is 0 Å². The number of carbonyl (C=O) groups is 3. The van der Waals surface area contributed by atoms with E-state index in [1.54, 1.807) is 6.92 Å². The van der Waals surface area contributed by atoms with Gasteiger partial charge < -0.3 is 58.7 Å². The van der Waals surface area contributed by atoms with Crippen LogP contribution in [0.15, 0.2) is 36.3 Å². The first kappa shape index (κ1) is 31.1. The molecule has 0 aromatic carbocycles. The summed E-state index contributed by atoms with van der Waals surface area (Å²) < 4.78 is 32.6. The third-order valence-corrected chi connectivity index (χ3v) is 8.37. The van der Waals surface area contributed by atoms with Crippen molar-refractivity contribution < 1.29 is 68.3 Å². The van der Waals surface area contributed by atoms with Gasteiger partial charge in [-0.05, 0) is 6.42 Å². The van der Waals surface area contributed by atoms with Crippen LogP contribution in [-0.2, 0) is 42.8 Å². The van der Waals surface area contributed by atoms with E-state index in [1.807, 2.05) is 0 Å². The lowest BCUT2D eigenvalue weighted by molar-refractivity contribution is -0.339. The van der Waals surface area contributed by atoms with Crippen LogP contribution in [-0.4, -0.2) is 107 Å². The molecule has 14 nitrogen and oxygen atoms in total. The van der Waals surface area contributed by atoms with Gasteiger partial charge in [0.15, 0.2) is 12.6 Å². The molecule has 2 fully saturated rings. The molecule has 14 heteroatoms. The zero-order valence-electron chi connectivity index (χ0n) is 22.6. The maximum atomic E-state index is 13.4. The third kappa shape index (κ3) is 5.91. The SMILES string of the molecule is C=C[C@@H]1[C@H](O[C@@H]2O[C@@H](CO)[C@@H](O)[C@H](O)[C@@H]2O)OC=C(C(=O)O[C@H]2C[C@@H]3C(C(=O)OC)=CO[C@@H](O)[C@H]3[C@H]2C)[C@H]1CC=O. The zero-order chi connectivity index (χ0) is 30.0. The summed E-state index contributed by atoms with van der Waals surface area (Å²) in [5.41, 5.74) is 0.241. The fourth-order valence-electron chi connectivity index (χ4n) is 6.04. The summed E-state index contributed by atoms with van der Waals surface area (Å²) in [5, 5.41) is 50.3. The first-order chi connectivity index (χ1) is 19.6. The van der Waals surface area contributed by atoms with Crippen molar-refractivity contribution in [3.8, 4) is 0 Å². The van der Waals surface area contributed by atoms with Crippen molar-refractivity contribution in [1.82, 2.24) is 0 Å². The molecule has 1 saturated carbocycles. The number of aldehydes is 1. The predicted octanol–water partition coefficient (Wildman–Crippen LogP) is -1.36. The van der Waals surface area contributed by atoms with E-state index in [4.69, 9.17) is 28.4 Å². The van der Waals surface area contributed by atoms with E-state index in [-0.39, 0.29) is 24.0 Å². The lowest BCUT2D eigenvalue weighted by Crippen LogP contribution is -2.60. The molecule has 1 saturated heterocycles. The summed E-state index contributed by atoms with van der Waals surface area (Å²) in [4.78, 5) is 37.2. The van der Waals surface area contributed by atoms with Gasteiger partial charge in [0.25, 0.3) is 0 Å². The number of hydrogen-bond donors (Lipinski definition) is 5. The van der Waals surface area contributed by atoms with Crippen LogP contribution in [0.25, 0.3) is 0 Å². The summed E-state index contributed by atoms with van der Waals surface area (Å²) in [7, 11) is 1.23. The maximum absolute atomic E-state index is 13.4. The van der Waals surface area contributed by atoms with Crippen LogP contribution >= 0.6 is 0 Å². The maximum Gasteiger partial charge on any atom is 0.337 e. The molecule has 3 heterocycles. The van der Waals surface area contributed by atoms with Crippen molar-refractivity contribution in [2.24, 2.45) is 29.6 Å². The van der Waals surface area contributed by atoms with Crippen LogP contribution in [0, 0.1) is 29.6 Å². The lowest BCUT2D eigenvalue weighted by Gasteiger charge is -2.43. The third-order valence-electron chi connectivity index (χ3n) is 8.37. The molecule has 0 aromatic rings. The zero-order valence-corrected chi connectivity index (χ0v) is 22.6. The van der Waals surface area contributed by atoms with Gasteiger partial charge >= 0.3 is 11.9 Å². The van der Waals surface area contributed by atoms with E-state index in [1.165, 1.54) is 13.2 Å². The highest BCUT2D eigenvalue weighted by molar-refractivity contribution is 5.90. The molecule has 3 aliphatic heterocycles. The van der Waals surface area contributed by atoms with Gasteiger partial charge in [0.05, 0.1) is 37.4 Å². The Kier molecular flexibility index (Phi) is 9.85. The largest absolute Gasteiger partial charge is 0.472 e. The Morgan fingerprint density at radius 2 is 1.76 bits per heavy atom. The summed E-state index contributed by atoms with van der Waals surface area (Å²) >= 11 is 0. The molecule has 0 bridgehead atoms. The number of methoxy groups -OCH3 is 1. The highest BCUT2D eigenvalue weighted by Crippen LogP contribution is 2.48. The average molecular weight is 585 g/mol. The molecule has 4 aliphatic rings. The van der Waals surface area contributed by atoms with Gasteiger partial charge in [0.2, 0.25) is 6.29 Å². The highest BCUT2D eigenvalue weighted by atomic mass is 16.8. The minimum Gasteiger partial charge on any atom is -0.472 e. The molecule has 1 aliphatic carbocycles. The van der Waals surface area contributed by atoms with Gasteiger partial charge in [0, 0.05) is 36.0 Å². The molecule has 0 radical (unpaired) electrons. The van der Waals surface area contributed by atoms with Gasteiger partial charge in [-0.1, -0.05) is 13.0 Å². The second-order valence-electron chi connectivity index (χ2n) is 10.5. The quantitative estimate of drug-likeness (QED) is 0.121. The first-order valence-corrected chi connectivity index (χ1v) is 13.3. The van der Waals surface area contributed by atoms with Gasteiger partial charge in [-0.15, -0.1) is 6.58 Å². The number of hydrogen-bond acceptors (Lipinski definition) is 14. The van der Waals surface area contributed by atoms with E-state index in [0.29, 0.717) is 6.29 Å². The Morgan fingerprint density at radius 3 is 2.39 bits per heavy atom. The summed E-state index contributed by atoms with van der Waals surface area (Å²) in [6.45, 7) is 4.86. The number of carbonyl (C=O) groups excluding carboxylic acids is 3. The molecule has 0 aromatic heterocycles. The smallest absolute Gasteiger partial charge is 0.337 e. The van der Waals surface area contributed by atoms with Crippen molar-refractivity contribution in [2.45, 2.75) is 69.2 Å². The Labute approximate surface area is 235 Å². The molecule has 13 atom stereocenters. The molecule has 41 heavy (non-hydrogen) atoms. The van der Waals surface area contributed by atoms with Crippen molar-refractivity contribution in [2.75, 3.05) is 13.7 Å². The van der Waals surface area contributed by atoms with Crippen molar-refractivity contribution in [3.05, 3.63) is 36.3 Å². The number of ether oxygens (including phenoxy) is 6. The van der Waals surface area contributed by atoms with Crippen LogP contribution in [0.1, 0.15) is 19.8 Å². The lowest BCUT2D eigenvalue weighted by atomic mass is 9.82. The summed E-state index contributed by atoms with van der Waals surface area (Å²) in [6, 6.07) is 0. The normalized spacial score (nSPS) is 42.0. The van der Waals surface area contributed by atoms with E-state index in [2.05, 4.69) is 6.58 Å². The molecular formula is C27H36O14. The van der Waals surface area contributed by atoms with Crippen LogP contribution < -0.4 is 0 Å². The van der Waals surface area contributed by atoms with E-state index >= 15 is 0 Å². The number of rotatable bonds is 9. The Hall–Kier alpha value is -2.85. The Morgan fingerprint density at radius 1 is 1.05 bits per heavy atom. The highest BCUT2D eigenvalue weighted by Gasteiger charge is 2.53. The van der Waals surface area contributed by atoms with Crippen molar-refractivity contribution in [1.29, 1.82) is 0 Å². The summed E-state index contributed by atoms with van der Waals surface area (Å²) in [5.74, 6) is -4.46. The molecule has 0 amide bonds. The van der Waals surface area contributed by atoms with Crippen LogP contribution in [0.3, 0.4) is 0 Å². The molecule has 228 valence electrons. The average Bonchev–Trinajstić information content (AvgIpc) is 3.29.